The number of morpholine rings is 1. The second kappa shape index (κ2) is 9.07. The fourth-order valence-electron chi connectivity index (χ4n) is 3.01. The van der Waals surface area contributed by atoms with E-state index in [-0.39, 0.29) is 12.5 Å². The van der Waals surface area contributed by atoms with Crippen molar-refractivity contribution in [3.05, 3.63) is 40.3 Å². The summed E-state index contributed by atoms with van der Waals surface area (Å²) in [4.78, 5) is 28.2. The molecule has 0 atom stereocenters. The van der Waals surface area contributed by atoms with Crippen molar-refractivity contribution in [2.45, 2.75) is 20.3 Å². The van der Waals surface area contributed by atoms with Gasteiger partial charge in [-0.05, 0) is 37.6 Å². The van der Waals surface area contributed by atoms with E-state index in [1.807, 2.05) is 6.92 Å². The van der Waals surface area contributed by atoms with Crippen LogP contribution in [0.3, 0.4) is 0 Å². The van der Waals surface area contributed by atoms with Gasteiger partial charge in [0.05, 0.1) is 36.8 Å². The highest BCUT2D eigenvalue weighted by atomic mass is 32.1. The van der Waals surface area contributed by atoms with Crippen LogP contribution in [0.25, 0.3) is 0 Å². The van der Waals surface area contributed by atoms with Crippen LogP contribution in [-0.4, -0.2) is 44.8 Å². The van der Waals surface area contributed by atoms with E-state index in [1.54, 1.807) is 31.2 Å². The fraction of sp³-hybridized carbons (Fsp3) is 0.400. The number of carbonyl (C=O) groups is 2. The molecule has 0 unspecified atom stereocenters. The lowest BCUT2D eigenvalue weighted by Gasteiger charge is -2.30. The quantitative estimate of drug-likeness (QED) is 0.568. The molecule has 0 bridgehead atoms. The normalized spacial score (nSPS) is 14.0. The van der Waals surface area contributed by atoms with Crippen molar-refractivity contribution >= 4 is 39.6 Å². The molecule has 7 nitrogen and oxygen atoms in total. The van der Waals surface area contributed by atoms with E-state index in [0.717, 1.165) is 30.1 Å². The van der Waals surface area contributed by atoms with Crippen LogP contribution < -0.4 is 16.0 Å². The summed E-state index contributed by atoms with van der Waals surface area (Å²) < 4.78 is 10.5. The highest BCUT2D eigenvalue weighted by Crippen LogP contribution is 2.31. The summed E-state index contributed by atoms with van der Waals surface area (Å²) in [5.41, 5.74) is 8.43. The summed E-state index contributed by atoms with van der Waals surface area (Å²) in [6, 6.07) is 6.99. The third kappa shape index (κ3) is 4.45. The highest BCUT2D eigenvalue weighted by molar-refractivity contribution is 7.16. The summed E-state index contributed by atoms with van der Waals surface area (Å²) in [5, 5.41) is 3.37. The number of carbonyl (C=O) groups excluding carboxylic acids is 2. The SMILES string of the molecule is CCOC(=O)c1cc(CC)sc1NC(=O)c1ccc(N)c(N2CCOCC2)c1. The van der Waals surface area contributed by atoms with Crippen LogP contribution in [0.15, 0.2) is 24.3 Å². The molecule has 0 radical (unpaired) electrons. The molecule has 1 aliphatic heterocycles. The van der Waals surface area contributed by atoms with E-state index in [9.17, 15) is 9.59 Å². The second-order valence-electron chi connectivity index (χ2n) is 6.36. The maximum absolute atomic E-state index is 12.9. The lowest BCUT2D eigenvalue weighted by molar-refractivity contribution is 0.0528. The van der Waals surface area contributed by atoms with Crippen LogP contribution >= 0.6 is 11.3 Å². The van der Waals surface area contributed by atoms with Crippen molar-refractivity contribution < 1.29 is 19.1 Å². The molecule has 28 heavy (non-hydrogen) atoms. The number of ether oxygens (including phenoxy) is 2. The molecular weight excluding hydrogens is 378 g/mol. The fourth-order valence-corrected chi connectivity index (χ4v) is 3.99. The van der Waals surface area contributed by atoms with Crippen LogP contribution in [0, 0.1) is 0 Å². The molecule has 0 spiro atoms. The Labute approximate surface area is 168 Å². The maximum atomic E-state index is 12.9. The molecule has 3 N–H and O–H groups in total. The highest BCUT2D eigenvalue weighted by Gasteiger charge is 2.21. The van der Waals surface area contributed by atoms with Gasteiger partial charge in [0.2, 0.25) is 0 Å². The van der Waals surface area contributed by atoms with Crippen LogP contribution in [0.2, 0.25) is 0 Å². The topological polar surface area (TPSA) is 93.9 Å². The minimum atomic E-state index is -0.430. The van der Waals surface area contributed by atoms with Gasteiger partial charge < -0.3 is 25.4 Å². The molecule has 2 aromatic rings. The van der Waals surface area contributed by atoms with Gasteiger partial charge in [0.15, 0.2) is 0 Å². The number of benzene rings is 1. The van der Waals surface area contributed by atoms with Gasteiger partial charge >= 0.3 is 5.97 Å². The molecule has 0 saturated carbocycles. The Bertz CT molecular complexity index is 859. The summed E-state index contributed by atoms with van der Waals surface area (Å²) in [5.74, 6) is -0.718. The number of nitrogens with one attached hydrogen (secondary N) is 1. The number of thiophene rings is 1. The lowest BCUT2D eigenvalue weighted by Crippen LogP contribution is -2.36. The van der Waals surface area contributed by atoms with Crippen LogP contribution in [0.5, 0.6) is 0 Å². The first kappa shape index (κ1) is 20.2. The Morgan fingerprint density at radius 2 is 2.00 bits per heavy atom. The maximum Gasteiger partial charge on any atom is 0.341 e. The Morgan fingerprint density at radius 3 is 2.68 bits per heavy atom. The monoisotopic (exact) mass is 403 g/mol. The molecule has 1 aromatic heterocycles. The van der Waals surface area contributed by atoms with Gasteiger partial charge in [0.25, 0.3) is 5.91 Å². The molecule has 2 heterocycles. The molecule has 1 fully saturated rings. The Morgan fingerprint density at radius 1 is 1.25 bits per heavy atom. The number of hydrogen-bond donors (Lipinski definition) is 2. The standard InChI is InChI=1S/C20H25N3O4S/c1-3-14-12-15(20(25)27-4-2)19(28-14)22-18(24)13-5-6-16(21)17(11-13)23-7-9-26-10-8-23/h5-6,11-12H,3-4,7-10,21H2,1-2H3,(H,22,24). The third-order valence-electron chi connectivity index (χ3n) is 4.50. The average Bonchev–Trinajstić information content (AvgIpc) is 3.12. The van der Waals surface area contributed by atoms with Crippen molar-refractivity contribution in [3.63, 3.8) is 0 Å². The first-order valence-electron chi connectivity index (χ1n) is 9.36. The molecule has 0 aliphatic carbocycles. The molecular formula is C20H25N3O4S. The van der Waals surface area contributed by atoms with E-state index in [1.165, 1.54) is 11.3 Å². The zero-order chi connectivity index (χ0) is 20.1. The summed E-state index contributed by atoms with van der Waals surface area (Å²) >= 11 is 1.39. The molecule has 1 amide bonds. The first-order valence-corrected chi connectivity index (χ1v) is 10.2. The van der Waals surface area contributed by atoms with Gasteiger partial charge in [-0.2, -0.15) is 0 Å². The molecule has 1 saturated heterocycles. The van der Waals surface area contributed by atoms with Crippen molar-refractivity contribution in [2.75, 3.05) is 48.9 Å². The first-order chi connectivity index (χ1) is 13.5. The van der Waals surface area contributed by atoms with E-state index >= 15 is 0 Å². The molecule has 3 rings (SSSR count). The molecule has 8 heteroatoms. The largest absolute Gasteiger partial charge is 0.462 e. The molecule has 1 aliphatic rings. The van der Waals surface area contributed by atoms with E-state index < -0.39 is 5.97 Å². The van der Waals surface area contributed by atoms with Crippen molar-refractivity contribution in [1.82, 2.24) is 0 Å². The van der Waals surface area contributed by atoms with Crippen LogP contribution in [-0.2, 0) is 15.9 Å². The number of amides is 1. The predicted octanol–water partition coefficient (Wildman–Crippen LogP) is 3.16. The van der Waals surface area contributed by atoms with Gasteiger partial charge in [-0.1, -0.05) is 6.92 Å². The van der Waals surface area contributed by atoms with Gasteiger partial charge in [0.1, 0.15) is 5.00 Å². The summed E-state index contributed by atoms with van der Waals surface area (Å²) in [6.45, 7) is 6.76. The Kier molecular flexibility index (Phi) is 6.53. The number of rotatable bonds is 6. The Balaban J connectivity index is 1.83. The van der Waals surface area contributed by atoms with E-state index in [2.05, 4.69) is 10.2 Å². The zero-order valence-corrected chi connectivity index (χ0v) is 16.9. The number of esters is 1. The second-order valence-corrected chi connectivity index (χ2v) is 7.49. The summed E-state index contributed by atoms with van der Waals surface area (Å²) in [7, 11) is 0. The van der Waals surface area contributed by atoms with Crippen LogP contribution in [0.1, 0.15) is 39.4 Å². The number of aryl methyl sites for hydroxylation is 1. The van der Waals surface area contributed by atoms with E-state index in [0.29, 0.717) is 35.0 Å². The average molecular weight is 404 g/mol. The lowest BCUT2D eigenvalue weighted by atomic mass is 10.1. The van der Waals surface area contributed by atoms with Crippen molar-refractivity contribution in [1.29, 1.82) is 0 Å². The number of nitrogens with zero attached hydrogens (tertiary/aromatic N) is 1. The number of nitrogens with two attached hydrogens (primary N) is 1. The van der Waals surface area contributed by atoms with Crippen molar-refractivity contribution in [2.24, 2.45) is 0 Å². The van der Waals surface area contributed by atoms with Gasteiger partial charge in [0, 0.05) is 23.5 Å². The third-order valence-corrected chi connectivity index (χ3v) is 5.69. The molecule has 1 aromatic carbocycles. The number of hydrogen-bond acceptors (Lipinski definition) is 7. The minimum absolute atomic E-state index is 0.282. The number of anilines is 3. The van der Waals surface area contributed by atoms with Gasteiger partial charge in [-0.3, -0.25) is 4.79 Å². The van der Waals surface area contributed by atoms with Crippen LogP contribution in [0.4, 0.5) is 16.4 Å². The predicted molar refractivity (Wildman–Crippen MR) is 111 cm³/mol. The minimum Gasteiger partial charge on any atom is -0.462 e. The van der Waals surface area contributed by atoms with Crippen molar-refractivity contribution in [3.8, 4) is 0 Å². The van der Waals surface area contributed by atoms with Gasteiger partial charge in [-0.15, -0.1) is 11.3 Å². The zero-order valence-electron chi connectivity index (χ0n) is 16.1. The smallest absolute Gasteiger partial charge is 0.341 e. The Hall–Kier alpha value is -2.58. The summed E-state index contributed by atoms with van der Waals surface area (Å²) in [6.07, 6.45) is 0.774. The number of nitrogen functional groups attached to an aromatic ring is 1. The van der Waals surface area contributed by atoms with E-state index in [4.69, 9.17) is 15.2 Å². The van der Waals surface area contributed by atoms with Gasteiger partial charge in [-0.25, -0.2) is 4.79 Å². The molecule has 150 valence electrons.